The van der Waals surface area contributed by atoms with E-state index in [0.29, 0.717) is 17.1 Å². The molecule has 1 aromatic carbocycles. The summed E-state index contributed by atoms with van der Waals surface area (Å²) < 4.78 is 10.3. The molecule has 0 saturated carbocycles. The van der Waals surface area contributed by atoms with Crippen LogP contribution in [0.3, 0.4) is 0 Å². The number of furan rings is 1. The lowest BCUT2D eigenvalue weighted by Crippen LogP contribution is -2.19. The van der Waals surface area contributed by atoms with Crippen LogP contribution in [0.2, 0.25) is 0 Å². The molecule has 0 aliphatic carbocycles. The van der Waals surface area contributed by atoms with Gasteiger partial charge in [-0.25, -0.2) is 0 Å². The predicted octanol–water partition coefficient (Wildman–Crippen LogP) is 2.33. The standard InChI is InChI=1S/C14H16N2O3/c1-10-4-2-6-12(15)14(10)16-13(17)9-18-8-11-5-3-7-19-11/h2-7H,8-9,15H2,1H3,(H,16,17). The van der Waals surface area contributed by atoms with E-state index in [-0.39, 0.29) is 19.1 Å². The van der Waals surface area contributed by atoms with Crippen LogP contribution >= 0.6 is 0 Å². The Morgan fingerprint density at radius 2 is 2.21 bits per heavy atom. The average molecular weight is 260 g/mol. The summed E-state index contributed by atoms with van der Waals surface area (Å²) in [7, 11) is 0. The molecule has 0 spiro atoms. The minimum Gasteiger partial charge on any atom is -0.467 e. The first kappa shape index (κ1) is 13.2. The number of anilines is 2. The van der Waals surface area contributed by atoms with E-state index in [2.05, 4.69) is 5.32 Å². The number of rotatable bonds is 5. The molecule has 5 heteroatoms. The van der Waals surface area contributed by atoms with Gasteiger partial charge in [0.2, 0.25) is 5.91 Å². The van der Waals surface area contributed by atoms with Crippen LogP contribution in [-0.4, -0.2) is 12.5 Å². The van der Waals surface area contributed by atoms with Crippen molar-refractivity contribution in [1.29, 1.82) is 0 Å². The van der Waals surface area contributed by atoms with Crippen molar-refractivity contribution in [2.24, 2.45) is 0 Å². The molecule has 0 atom stereocenters. The quantitative estimate of drug-likeness (QED) is 0.809. The zero-order valence-electron chi connectivity index (χ0n) is 10.7. The van der Waals surface area contributed by atoms with Crippen molar-refractivity contribution in [3.05, 3.63) is 47.9 Å². The van der Waals surface area contributed by atoms with Gasteiger partial charge in [-0.05, 0) is 30.7 Å². The lowest BCUT2D eigenvalue weighted by Gasteiger charge is -2.11. The van der Waals surface area contributed by atoms with Crippen molar-refractivity contribution < 1.29 is 13.9 Å². The van der Waals surface area contributed by atoms with Gasteiger partial charge in [0.1, 0.15) is 19.0 Å². The molecule has 100 valence electrons. The second-order valence-corrected chi connectivity index (χ2v) is 4.16. The highest BCUT2D eigenvalue weighted by molar-refractivity contribution is 5.95. The Morgan fingerprint density at radius 3 is 2.89 bits per heavy atom. The molecule has 0 aliphatic heterocycles. The molecule has 0 saturated heterocycles. The minimum atomic E-state index is -0.243. The van der Waals surface area contributed by atoms with E-state index in [1.807, 2.05) is 19.1 Å². The first-order valence-corrected chi connectivity index (χ1v) is 5.92. The molecule has 0 radical (unpaired) electrons. The molecule has 1 aromatic heterocycles. The van der Waals surface area contributed by atoms with Gasteiger partial charge in [-0.2, -0.15) is 0 Å². The topological polar surface area (TPSA) is 77.5 Å². The first-order chi connectivity index (χ1) is 9.16. The van der Waals surface area contributed by atoms with Crippen LogP contribution in [0.15, 0.2) is 41.0 Å². The summed E-state index contributed by atoms with van der Waals surface area (Å²) in [4.78, 5) is 11.7. The van der Waals surface area contributed by atoms with Crippen LogP contribution in [0.5, 0.6) is 0 Å². The average Bonchev–Trinajstić information content (AvgIpc) is 2.87. The second kappa shape index (κ2) is 6.06. The number of hydrogen-bond acceptors (Lipinski definition) is 4. The number of hydrogen-bond donors (Lipinski definition) is 2. The van der Waals surface area contributed by atoms with Gasteiger partial charge in [0.15, 0.2) is 0 Å². The van der Waals surface area contributed by atoms with E-state index in [1.165, 1.54) is 0 Å². The molecule has 19 heavy (non-hydrogen) atoms. The molecule has 2 aromatic rings. The molecular formula is C14H16N2O3. The highest BCUT2D eigenvalue weighted by atomic mass is 16.5. The Labute approximate surface area is 111 Å². The lowest BCUT2D eigenvalue weighted by atomic mass is 10.1. The van der Waals surface area contributed by atoms with Gasteiger partial charge >= 0.3 is 0 Å². The van der Waals surface area contributed by atoms with E-state index in [9.17, 15) is 4.79 Å². The third-order valence-corrected chi connectivity index (χ3v) is 2.63. The van der Waals surface area contributed by atoms with Crippen molar-refractivity contribution in [1.82, 2.24) is 0 Å². The van der Waals surface area contributed by atoms with Gasteiger partial charge in [0.05, 0.1) is 17.6 Å². The molecule has 0 aliphatic rings. The Balaban J connectivity index is 1.84. The number of aryl methyl sites for hydroxylation is 1. The van der Waals surface area contributed by atoms with Crippen LogP contribution in [0.4, 0.5) is 11.4 Å². The maximum absolute atomic E-state index is 11.7. The summed E-state index contributed by atoms with van der Waals surface area (Å²) in [6.07, 6.45) is 1.56. The van der Waals surface area contributed by atoms with E-state index in [1.54, 1.807) is 24.5 Å². The van der Waals surface area contributed by atoms with Gasteiger partial charge in [0.25, 0.3) is 0 Å². The minimum absolute atomic E-state index is 0.0471. The normalized spacial score (nSPS) is 10.4. The lowest BCUT2D eigenvalue weighted by molar-refractivity contribution is -0.121. The third kappa shape index (κ3) is 3.59. The zero-order chi connectivity index (χ0) is 13.7. The summed E-state index contributed by atoms with van der Waals surface area (Å²) in [5.74, 6) is 0.441. The van der Waals surface area contributed by atoms with E-state index in [4.69, 9.17) is 14.9 Å². The number of benzene rings is 1. The smallest absolute Gasteiger partial charge is 0.250 e. The van der Waals surface area contributed by atoms with Crippen LogP contribution in [0.1, 0.15) is 11.3 Å². The fourth-order valence-electron chi connectivity index (χ4n) is 1.68. The monoisotopic (exact) mass is 260 g/mol. The Kier molecular flexibility index (Phi) is 4.20. The molecule has 1 heterocycles. The highest BCUT2D eigenvalue weighted by Crippen LogP contribution is 2.22. The summed E-state index contributed by atoms with van der Waals surface area (Å²) in [6.45, 7) is 2.10. The molecule has 2 rings (SSSR count). The molecule has 1 amide bonds. The largest absolute Gasteiger partial charge is 0.467 e. The number of nitrogens with one attached hydrogen (secondary N) is 1. The van der Waals surface area contributed by atoms with Crippen molar-refractivity contribution in [3.8, 4) is 0 Å². The maximum Gasteiger partial charge on any atom is 0.250 e. The van der Waals surface area contributed by atoms with Crippen molar-refractivity contribution in [2.45, 2.75) is 13.5 Å². The summed E-state index contributed by atoms with van der Waals surface area (Å²) >= 11 is 0. The number of nitrogen functional groups attached to an aromatic ring is 1. The van der Waals surface area contributed by atoms with Gasteiger partial charge in [-0.15, -0.1) is 0 Å². The second-order valence-electron chi connectivity index (χ2n) is 4.16. The van der Waals surface area contributed by atoms with E-state index >= 15 is 0 Å². The van der Waals surface area contributed by atoms with Crippen LogP contribution in [0.25, 0.3) is 0 Å². The Hall–Kier alpha value is -2.27. The van der Waals surface area contributed by atoms with Crippen molar-refractivity contribution in [3.63, 3.8) is 0 Å². The number of carbonyl (C=O) groups is 1. The van der Waals surface area contributed by atoms with E-state index in [0.717, 1.165) is 5.56 Å². The zero-order valence-corrected chi connectivity index (χ0v) is 10.7. The van der Waals surface area contributed by atoms with Gasteiger partial charge in [-0.3, -0.25) is 4.79 Å². The van der Waals surface area contributed by atoms with E-state index < -0.39 is 0 Å². The van der Waals surface area contributed by atoms with Crippen LogP contribution in [-0.2, 0) is 16.1 Å². The molecule has 5 nitrogen and oxygen atoms in total. The summed E-state index contributed by atoms with van der Waals surface area (Å²) in [5, 5.41) is 2.74. The maximum atomic E-state index is 11.7. The number of carbonyl (C=O) groups excluding carboxylic acids is 1. The Morgan fingerprint density at radius 1 is 1.37 bits per heavy atom. The number of nitrogens with two attached hydrogens (primary N) is 1. The molecular weight excluding hydrogens is 244 g/mol. The van der Waals surface area contributed by atoms with Crippen molar-refractivity contribution >= 4 is 17.3 Å². The SMILES string of the molecule is Cc1cccc(N)c1NC(=O)COCc1ccco1. The summed E-state index contributed by atoms with van der Waals surface area (Å²) in [5.41, 5.74) is 7.90. The van der Waals surface area contributed by atoms with Crippen molar-refractivity contribution in [2.75, 3.05) is 17.7 Å². The number of para-hydroxylation sites is 1. The number of ether oxygens (including phenoxy) is 1. The third-order valence-electron chi connectivity index (χ3n) is 2.63. The van der Waals surface area contributed by atoms with Gasteiger partial charge < -0.3 is 20.2 Å². The fourth-order valence-corrected chi connectivity index (χ4v) is 1.68. The van der Waals surface area contributed by atoms with Gasteiger partial charge in [-0.1, -0.05) is 12.1 Å². The molecule has 0 unspecified atom stereocenters. The summed E-state index contributed by atoms with van der Waals surface area (Å²) in [6, 6.07) is 9.03. The molecule has 0 fully saturated rings. The highest BCUT2D eigenvalue weighted by Gasteiger charge is 2.08. The predicted molar refractivity (Wildman–Crippen MR) is 72.6 cm³/mol. The molecule has 0 bridgehead atoms. The van der Waals surface area contributed by atoms with Crippen LogP contribution < -0.4 is 11.1 Å². The Bertz CT molecular complexity index is 530. The van der Waals surface area contributed by atoms with Gasteiger partial charge in [0, 0.05) is 0 Å². The van der Waals surface area contributed by atoms with Crippen LogP contribution in [0, 0.1) is 6.92 Å². The number of amides is 1. The molecule has 3 N–H and O–H groups in total. The fraction of sp³-hybridized carbons (Fsp3) is 0.214. The first-order valence-electron chi connectivity index (χ1n) is 5.92.